The van der Waals surface area contributed by atoms with Gasteiger partial charge in [0.15, 0.2) is 0 Å². The van der Waals surface area contributed by atoms with E-state index in [9.17, 15) is 12.8 Å². The molecule has 0 spiro atoms. The Kier molecular flexibility index (Phi) is 4.82. The molecule has 0 saturated carbocycles. The molecule has 0 saturated heterocycles. The Balaban J connectivity index is 1.88. The summed E-state index contributed by atoms with van der Waals surface area (Å²) in [4.78, 5) is 0. The number of hydrogen-bond acceptors (Lipinski definition) is 3. The highest BCUT2D eigenvalue weighted by atomic mass is 32.2. The summed E-state index contributed by atoms with van der Waals surface area (Å²) in [5.74, 6) is -0.0205. The van der Waals surface area contributed by atoms with E-state index in [4.69, 9.17) is 4.55 Å². The number of aromatic amines is 1. The van der Waals surface area contributed by atoms with Gasteiger partial charge in [0.05, 0.1) is 11.1 Å². The number of benzene rings is 1. The Bertz CT molecular complexity index is 841. The Hall–Kier alpha value is -1.99. The normalized spacial score (nSPS) is 18.5. The molecule has 5 nitrogen and oxygen atoms in total. The monoisotopic (exact) mass is 350 g/mol. The topological polar surface area (TPSA) is 83.1 Å². The lowest BCUT2D eigenvalue weighted by molar-refractivity contribution is 0.494. The average Bonchev–Trinajstić information content (AvgIpc) is 2.82. The van der Waals surface area contributed by atoms with Gasteiger partial charge in [-0.05, 0) is 49.5 Å². The van der Waals surface area contributed by atoms with Crippen LogP contribution in [0.5, 0.6) is 0 Å². The molecular formula is C17H19FN2O3S. The second-order valence-corrected chi connectivity index (χ2v) is 7.39. The molecule has 1 heterocycles. The van der Waals surface area contributed by atoms with E-state index in [0.29, 0.717) is 5.69 Å². The van der Waals surface area contributed by atoms with Crippen LogP contribution < -0.4 is 0 Å². The third kappa shape index (κ3) is 4.10. The van der Waals surface area contributed by atoms with Crippen LogP contribution in [0.25, 0.3) is 6.08 Å². The van der Waals surface area contributed by atoms with E-state index in [-0.39, 0.29) is 11.7 Å². The van der Waals surface area contributed by atoms with Gasteiger partial charge in [-0.3, -0.25) is 9.65 Å². The zero-order valence-corrected chi connectivity index (χ0v) is 13.9. The van der Waals surface area contributed by atoms with E-state index >= 15 is 0 Å². The van der Waals surface area contributed by atoms with Crippen LogP contribution in [-0.2, 0) is 23.0 Å². The van der Waals surface area contributed by atoms with Crippen LogP contribution in [0, 0.1) is 5.82 Å². The van der Waals surface area contributed by atoms with E-state index in [1.165, 1.54) is 18.2 Å². The summed E-state index contributed by atoms with van der Waals surface area (Å²) in [5, 5.41) is 7.99. The maximum absolute atomic E-state index is 13.1. The van der Waals surface area contributed by atoms with Crippen molar-refractivity contribution in [3.8, 4) is 0 Å². The molecule has 0 amide bonds. The minimum Gasteiger partial charge on any atom is -0.282 e. The molecule has 24 heavy (non-hydrogen) atoms. The Morgan fingerprint density at radius 2 is 2.04 bits per heavy atom. The molecule has 1 aliphatic rings. The van der Waals surface area contributed by atoms with Gasteiger partial charge in [-0.15, -0.1) is 0 Å². The Labute approximate surface area is 140 Å². The lowest BCUT2D eigenvalue weighted by Gasteiger charge is -2.14. The lowest BCUT2D eigenvalue weighted by atomic mass is 9.91. The second-order valence-electron chi connectivity index (χ2n) is 6.09. The number of hydrogen-bond donors (Lipinski definition) is 2. The molecule has 0 bridgehead atoms. The van der Waals surface area contributed by atoms with Crippen molar-refractivity contribution in [3.63, 3.8) is 0 Å². The van der Waals surface area contributed by atoms with Gasteiger partial charge in [-0.1, -0.05) is 18.6 Å². The molecule has 1 unspecified atom stereocenters. The minimum absolute atomic E-state index is 0.230. The minimum atomic E-state index is -4.17. The van der Waals surface area contributed by atoms with Crippen molar-refractivity contribution in [2.24, 2.45) is 0 Å². The summed E-state index contributed by atoms with van der Waals surface area (Å²) in [5.41, 5.74) is 3.61. The van der Waals surface area contributed by atoms with Gasteiger partial charge in [0, 0.05) is 17.2 Å². The van der Waals surface area contributed by atoms with Crippen LogP contribution >= 0.6 is 0 Å². The van der Waals surface area contributed by atoms with Crippen molar-refractivity contribution in [3.05, 3.63) is 58.0 Å². The van der Waals surface area contributed by atoms with E-state index < -0.39 is 10.1 Å². The first-order chi connectivity index (χ1) is 11.4. The zero-order chi connectivity index (χ0) is 17.2. The van der Waals surface area contributed by atoms with E-state index in [1.807, 2.05) is 0 Å². The number of rotatable bonds is 4. The molecule has 3 rings (SSSR count). The molecule has 1 aromatic heterocycles. The molecule has 0 radical (unpaired) electrons. The molecule has 7 heteroatoms. The first-order valence-electron chi connectivity index (χ1n) is 7.89. The number of nitrogens with zero attached hydrogens (tertiary/aromatic N) is 1. The maximum Gasteiger partial charge on any atom is 0.287 e. The summed E-state index contributed by atoms with van der Waals surface area (Å²) in [6.07, 6.45) is 5.97. The second kappa shape index (κ2) is 6.86. The van der Waals surface area contributed by atoms with Crippen molar-refractivity contribution < 1.29 is 17.4 Å². The summed E-state index contributed by atoms with van der Waals surface area (Å²) < 4.78 is 43.7. The van der Waals surface area contributed by atoms with Gasteiger partial charge in [-0.2, -0.15) is 13.5 Å². The van der Waals surface area contributed by atoms with Crippen molar-refractivity contribution in [2.45, 2.75) is 38.0 Å². The van der Waals surface area contributed by atoms with E-state index in [2.05, 4.69) is 10.2 Å². The first-order valence-corrected chi connectivity index (χ1v) is 9.40. The Morgan fingerprint density at radius 3 is 2.75 bits per heavy atom. The van der Waals surface area contributed by atoms with Crippen LogP contribution in [0.3, 0.4) is 0 Å². The SMILES string of the molecule is O=S(=O)(O)/C=C/c1n[nH]c2c1CCCCC2Cc1ccc(F)cc1. The van der Waals surface area contributed by atoms with Crippen LogP contribution in [0.4, 0.5) is 4.39 Å². The van der Waals surface area contributed by atoms with Crippen molar-refractivity contribution in [1.29, 1.82) is 0 Å². The predicted octanol–water partition coefficient (Wildman–Crippen LogP) is 3.46. The quantitative estimate of drug-likeness (QED) is 0.653. The van der Waals surface area contributed by atoms with Gasteiger partial charge < -0.3 is 0 Å². The van der Waals surface area contributed by atoms with Gasteiger partial charge in [0.25, 0.3) is 10.1 Å². The highest BCUT2D eigenvalue weighted by molar-refractivity contribution is 7.88. The molecular weight excluding hydrogens is 331 g/mol. The van der Waals surface area contributed by atoms with Crippen molar-refractivity contribution in [2.75, 3.05) is 0 Å². The Morgan fingerprint density at radius 1 is 1.29 bits per heavy atom. The third-order valence-corrected chi connectivity index (χ3v) is 4.84. The van der Waals surface area contributed by atoms with Crippen LogP contribution in [0.2, 0.25) is 0 Å². The molecule has 1 aliphatic carbocycles. The number of H-pyrrole nitrogens is 1. The van der Waals surface area contributed by atoms with Gasteiger partial charge in [0.1, 0.15) is 5.82 Å². The number of fused-ring (bicyclic) bond motifs is 1. The molecule has 2 aromatic rings. The molecule has 1 aromatic carbocycles. The molecule has 0 aliphatic heterocycles. The highest BCUT2D eigenvalue weighted by Crippen LogP contribution is 2.33. The summed E-state index contributed by atoms with van der Waals surface area (Å²) in [7, 11) is -4.17. The number of aromatic nitrogens is 2. The van der Waals surface area contributed by atoms with E-state index in [1.54, 1.807) is 12.1 Å². The molecule has 0 fully saturated rings. The fraction of sp³-hybridized carbons (Fsp3) is 0.353. The fourth-order valence-electron chi connectivity index (χ4n) is 3.23. The van der Waals surface area contributed by atoms with Crippen LogP contribution in [0.1, 0.15) is 47.7 Å². The smallest absolute Gasteiger partial charge is 0.282 e. The lowest BCUT2D eigenvalue weighted by Crippen LogP contribution is -2.04. The van der Waals surface area contributed by atoms with Gasteiger partial charge >= 0.3 is 0 Å². The predicted molar refractivity (Wildman–Crippen MR) is 89.6 cm³/mol. The zero-order valence-electron chi connectivity index (χ0n) is 13.1. The van der Waals surface area contributed by atoms with Crippen LogP contribution in [-0.4, -0.2) is 23.2 Å². The standard InChI is InChI=1S/C17H19FN2O3S/c18-14-7-5-12(6-8-14)11-13-3-1-2-4-15-16(19-20-17(13)15)9-10-24(21,22)23/h5-10,13H,1-4,11H2,(H,19,20)(H,21,22,23)/b10-9+. The highest BCUT2D eigenvalue weighted by Gasteiger charge is 2.23. The van der Waals surface area contributed by atoms with Crippen molar-refractivity contribution in [1.82, 2.24) is 10.2 Å². The fourth-order valence-corrected chi connectivity index (χ4v) is 3.53. The molecule has 128 valence electrons. The van der Waals surface area contributed by atoms with Crippen LogP contribution in [0.15, 0.2) is 29.7 Å². The number of nitrogens with one attached hydrogen (secondary N) is 1. The third-order valence-electron chi connectivity index (χ3n) is 4.36. The first kappa shape index (κ1) is 16.9. The summed E-state index contributed by atoms with van der Waals surface area (Å²) in [6.45, 7) is 0. The molecule has 2 N–H and O–H groups in total. The number of halogens is 1. The van der Waals surface area contributed by atoms with E-state index in [0.717, 1.165) is 54.3 Å². The van der Waals surface area contributed by atoms with Crippen molar-refractivity contribution >= 4 is 16.2 Å². The average molecular weight is 350 g/mol. The maximum atomic E-state index is 13.1. The summed E-state index contributed by atoms with van der Waals surface area (Å²) >= 11 is 0. The summed E-state index contributed by atoms with van der Waals surface area (Å²) in [6, 6.07) is 6.49. The largest absolute Gasteiger partial charge is 0.287 e. The molecule has 1 atom stereocenters. The van der Waals surface area contributed by atoms with Gasteiger partial charge in [-0.25, -0.2) is 4.39 Å². The van der Waals surface area contributed by atoms with Gasteiger partial charge in [0.2, 0.25) is 0 Å².